The average molecular weight is 359 g/mol. The van der Waals surface area contributed by atoms with Crippen molar-refractivity contribution in [3.63, 3.8) is 0 Å². The third-order valence-corrected chi connectivity index (χ3v) is 4.33. The van der Waals surface area contributed by atoms with E-state index in [2.05, 4.69) is 9.97 Å². The summed E-state index contributed by atoms with van der Waals surface area (Å²) in [5.74, 6) is 0.494. The van der Waals surface area contributed by atoms with Crippen LogP contribution in [-0.4, -0.2) is 21.6 Å². The van der Waals surface area contributed by atoms with Crippen LogP contribution in [0, 0.1) is 11.3 Å². The van der Waals surface area contributed by atoms with Crippen LogP contribution in [0.4, 0.5) is 24.7 Å². The number of alkyl halides is 3. The van der Waals surface area contributed by atoms with Crippen LogP contribution in [0.15, 0.2) is 30.7 Å². The van der Waals surface area contributed by atoms with Gasteiger partial charge in [0.05, 0.1) is 35.2 Å². The van der Waals surface area contributed by atoms with Gasteiger partial charge in [0.25, 0.3) is 0 Å². The van der Waals surface area contributed by atoms with Crippen molar-refractivity contribution < 1.29 is 13.2 Å². The van der Waals surface area contributed by atoms with Gasteiger partial charge in [-0.15, -0.1) is 0 Å². The first-order valence-electron chi connectivity index (χ1n) is 7.91. The summed E-state index contributed by atoms with van der Waals surface area (Å²) in [5, 5.41) is 9.09. The number of anilines is 2. The molecule has 8 heteroatoms. The van der Waals surface area contributed by atoms with Crippen LogP contribution in [0.1, 0.15) is 23.6 Å². The molecule has 0 unspecified atom stereocenters. The molecule has 1 aromatic carbocycles. The number of imidazole rings is 1. The van der Waals surface area contributed by atoms with Crippen LogP contribution in [0.25, 0.3) is 11.0 Å². The van der Waals surface area contributed by atoms with Gasteiger partial charge in [0.1, 0.15) is 11.3 Å². The second-order valence-corrected chi connectivity index (χ2v) is 5.94. The molecule has 0 radical (unpaired) electrons. The Kier molecular flexibility index (Phi) is 4.32. The monoisotopic (exact) mass is 359 g/mol. The fourth-order valence-electron chi connectivity index (χ4n) is 2.88. The Morgan fingerprint density at radius 1 is 1.23 bits per heavy atom. The number of hydrogen-bond donors (Lipinski definition) is 0. The van der Waals surface area contributed by atoms with E-state index in [9.17, 15) is 13.2 Å². The van der Waals surface area contributed by atoms with E-state index in [-0.39, 0.29) is 5.56 Å². The molecule has 0 atom stereocenters. The molecular formula is C18H16F3N5. The predicted octanol–water partition coefficient (Wildman–Crippen LogP) is 4.19. The number of aromatic nitrogens is 3. The predicted molar refractivity (Wildman–Crippen MR) is 92.1 cm³/mol. The number of nitrogens with zero attached hydrogens (tertiary/aromatic N) is 5. The lowest BCUT2D eigenvalue weighted by Crippen LogP contribution is -2.16. The summed E-state index contributed by atoms with van der Waals surface area (Å²) in [5.41, 5.74) is 1.22. The number of halogens is 3. The van der Waals surface area contributed by atoms with Gasteiger partial charge in [0.15, 0.2) is 0 Å². The van der Waals surface area contributed by atoms with E-state index >= 15 is 0 Å². The van der Waals surface area contributed by atoms with Crippen molar-refractivity contribution in [1.29, 1.82) is 5.26 Å². The van der Waals surface area contributed by atoms with Crippen LogP contribution < -0.4 is 4.90 Å². The van der Waals surface area contributed by atoms with Crippen LogP contribution >= 0.6 is 0 Å². The highest BCUT2D eigenvalue weighted by Crippen LogP contribution is 2.38. The van der Waals surface area contributed by atoms with Crippen molar-refractivity contribution in [2.45, 2.75) is 19.5 Å². The summed E-state index contributed by atoms with van der Waals surface area (Å²) in [6.45, 7) is 1.83. The zero-order valence-electron chi connectivity index (χ0n) is 14.5. The average Bonchev–Trinajstić information content (AvgIpc) is 2.99. The summed E-state index contributed by atoms with van der Waals surface area (Å²) in [6, 6.07) is 5.74. The van der Waals surface area contributed by atoms with E-state index < -0.39 is 11.7 Å². The lowest BCUT2D eigenvalue weighted by Gasteiger charge is -2.23. The van der Waals surface area contributed by atoms with Gasteiger partial charge in [-0.1, -0.05) is 6.92 Å². The molecule has 0 aliphatic carbocycles. The molecule has 0 fully saturated rings. The highest BCUT2D eigenvalue weighted by molar-refractivity contribution is 5.79. The van der Waals surface area contributed by atoms with Gasteiger partial charge in [-0.25, -0.2) is 9.97 Å². The van der Waals surface area contributed by atoms with E-state index in [4.69, 9.17) is 5.26 Å². The van der Waals surface area contributed by atoms with Crippen LogP contribution in [0.2, 0.25) is 0 Å². The summed E-state index contributed by atoms with van der Waals surface area (Å²) in [7, 11) is 3.49. The Balaban J connectivity index is 2.17. The Labute approximate surface area is 148 Å². The fourth-order valence-corrected chi connectivity index (χ4v) is 2.88. The normalized spacial score (nSPS) is 11.6. The molecule has 0 aliphatic heterocycles. The molecule has 0 N–H and O–H groups in total. The molecule has 0 bridgehead atoms. The maximum absolute atomic E-state index is 13.3. The summed E-state index contributed by atoms with van der Waals surface area (Å²) < 4.78 is 41.8. The number of hydrogen-bond acceptors (Lipinski definition) is 4. The fraction of sp³-hybridized carbons (Fsp3) is 0.278. The number of aryl methyl sites for hydroxylation is 2. The number of benzene rings is 1. The van der Waals surface area contributed by atoms with E-state index in [0.29, 0.717) is 29.0 Å². The first kappa shape index (κ1) is 17.7. The zero-order valence-corrected chi connectivity index (χ0v) is 14.5. The van der Waals surface area contributed by atoms with Crippen molar-refractivity contribution in [3.8, 4) is 6.07 Å². The second kappa shape index (κ2) is 6.33. The lowest BCUT2D eigenvalue weighted by molar-refractivity contribution is -0.137. The quantitative estimate of drug-likeness (QED) is 0.704. The molecule has 0 spiro atoms. The summed E-state index contributed by atoms with van der Waals surface area (Å²) in [6.07, 6.45) is -0.884. The molecule has 2 aromatic heterocycles. The zero-order chi connectivity index (χ0) is 19.1. The van der Waals surface area contributed by atoms with Crippen LogP contribution in [0.3, 0.4) is 0 Å². The van der Waals surface area contributed by atoms with Gasteiger partial charge in [-0.3, -0.25) is 0 Å². The van der Waals surface area contributed by atoms with Gasteiger partial charge < -0.3 is 9.47 Å². The van der Waals surface area contributed by atoms with E-state index in [1.165, 1.54) is 6.07 Å². The van der Waals surface area contributed by atoms with Gasteiger partial charge in [0, 0.05) is 25.8 Å². The smallest absolute Gasteiger partial charge is 0.334 e. The third-order valence-electron chi connectivity index (χ3n) is 4.33. The van der Waals surface area contributed by atoms with Gasteiger partial charge in [-0.2, -0.15) is 18.4 Å². The molecule has 0 saturated heterocycles. The highest BCUT2D eigenvalue weighted by atomic mass is 19.4. The van der Waals surface area contributed by atoms with Crippen molar-refractivity contribution in [1.82, 2.24) is 14.5 Å². The van der Waals surface area contributed by atoms with Crippen LogP contribution in [0.5, 0.6) is 0 Å². The molecule has 5 nitrogen and oxygen atoms in total. The topological polar surface area (TPSA) is 57.7 Å². The second-order valence-electron chi connectivity index (χ2n) is 5.94. The van der Waals surface area contributed by atoms with Gasteiger partial charge >= 0.3 is 6.18 Å². The molecule has 0 aliphatic rings. The molecule has 3 aromatic rings. The summed E-state index contributed by atoms with van der Waals surface area (Å²) in [4.78, 5) is 10.1. The minimum Gasteiger partial charge on any atom is -0.334 e. The largest absolute Gasteiger partial charge is 0.417 e. The molecular weight excluding hydrogens is 343 g/mol. The molecule has 0 amide bonds. The maximum atomic E-state index is 13.3. The van der Waals surface area contributed by atoms with E-state index in [0.717, 1.165) is 11.6 Å². The van der Waals surface area contributed by atoms with Crippen LogP contribution in [-0.2, 0) is 19.6 Å². The molecule has 3 rings (SSSR count). The Morgan fingerprint density at radius 3 is 2.58 bits per heavy atom. The van der Waals surface area contributed by atoms with Gasteiger partial charge in [0.2, 0.25) is 0 Å². The van der Waals surface area contributed by atoms with Crippen molar-refractivity contribution in [2.24, 2.45) is 7.05 Å². The molecule has 0 saturated carbocycles. The Hall–Kier alpha value is -3.08. The minimum absolute atomic E-state index is 0.368. The number of nitriles is 1. The SMILES string of the molecule is CCc1cc(C#N)c(C(F)(F)F)cc1N(C)c1cc2c(cn1)ncn2C. The maximum Gasteiger partial charge on any atom is 0.417 e. The van der Waals surface area contributed by atoms with E-state index in [1.54, 1.807) is 36.6 Å². The third kappa shape index (κ3) is 2.96. The first-order valence-corrected chi connectivity index (χ1v) is 7.91. The Bertz CT molecular complexity index is 1010. The number of pyridine rings is 1. The standard InChI is InChI=1S/C18H16F3N5/c1-4-11-5-12(8-22)13(18(19,20)21)6-15(11)26(3)17-7-16-14(9-23-17)24-10-25(16)2/h5-7,9-10H,4H2,1-3H3. The van der Waals surface area contributed by atoms with Crippen molar-refractivity contribution in [2.75, 3.05) is 11.9 Å². The highest BCUT2D eigenvalue weighted by Gasteiger charge is 2.35. The molecule has 26 heavy (non-hydrogen) atoms. The number of rotatable bonds is 3. The van der Waals surface area contributed by atoms with E-state index in [1.807, 2.05) is 18.5 Å². The van der Waals surface area contributed by atoms with Gasteiger partial charge in [-0.05, 0) is 24.1 Å². The lowest BCUT2D eigenvalue weighted by atomic mass is 10.00. The molecule has 2 heterocycles. The summed E-state index contributed by atoms with van der Waals surface area (Å²) >= 11 is 0. The number of fused-ring (bicyclic) bond motifs is 1. The minimum atomic E-state index is -4.60. The molecule has 134 valence electrons. The van der Waals surface area contributed by atoms with Crippen molar-refractivity contribution >= 4 is 22.5 Å². The van der Waals surface area contributed by atoms with Crippen molar-refractivity contribution in [3.05, 3.63) is 47.4 Å². The Morgan fingerprint density at radius 2 is 1.96 bits per heavy atom. The first-order chi connectivity index (χ1) is 12.3.